The predicted octanol–water partition coefficient (Wildman–Crippen LogP) is 0.880. The molecule has 1 N–H and O–H groups in total. The lowest BCUT2D eigenvalue weighted by atomic mass is 10.1. The molecule has 0 aromatic carbocycles. The smallest absolute Gasteiger partial charge is 0.272 e. The first-order chi connectivity index (χ1) is 11.6. The van der Waals surface area contributed by atoms with Crippen LogP contribution in [0, 0.1) is 0 Å². The van der Waals surface area contributed by atoms with E-state index in [2.05, 4.69) is 25.5 Å². The van der Waals surface area contributed by atoms with Crippen LogP contribution in [0.1, 0.15) is 47.7 Å². The van der Waals surface area contributed by atoms with Gasteiger partial charge in [-0.1, -0.05) is 0 Å². The standard InChI is InChI=1S/C16H18N6O2/c1-11(23)22-7-3-5-15(22)14-10-17-8-12(20-14)9-18-16(24)13-4-2-6-19-21-13/h2,4,6,8,10,15H,3,5,7,9H2,1H3,(H,18,24). The fourth-order valence-corrected chi connectivity index (χ4v) is 2.80. The van der Waals surface area contributed by atoms with Crippen LogP contribution in [0.4, 0.5) is 0 Å². The monoisotopic (exact) mass is 326 g/mol. The van der Waals surface area contributed by atoms with Crippen molar-refractivity contribution in [1.29, 1.82) is 0 Å². The fraction of sp³-hybridized carbons (Fsp3) is 0.375. The second kappa shape index (κ2) is 7.12. The Morgan fingerprint density at radius 3 is 3.00 bits per heavy atom. The van der Waals surface area contributed by atoms with Crippen LogP contribution in [0.25, 0.3) is 0 Å². The normalized spacial score (nSPS) is 16.9. The molecule has 1 fully saturated rings. The van der Waals surface area contributed by atoms with Crippen LogP contribution in [0.3, 0.4) is 0 Å². The summed E-state index contributed by atoms with van der Waals surface area (Å²) in [6.07, 6.45) is 6.63. The molecule has 8 nitrogen and oxygen atoms in total. The van der Waals surface area contributed by atoms with Gasteiger partial charge in [-0.3, -0.25) is 19.6 Å². The number of hydrogen-bond acceptors (Lipinski definition) is 6. The molecule has 1 aliphatic heterocycles. The Morgan fingerprint density at radius 2 is 2.25 bits per heavy atom. The summed E-state index contributed by atoms with van der Waals surface area (Å²) in [6, 6.07) is 3.21. The fourth-order valence-electron chi connectivity index (χ4n) is 2.80. The van der Waals surface area contributed by atoms with Crippen molar-refractivity contribution in [2.45, 2.75) is 32.4 Å². The van der Waals surface area contributed by atoms with Crippen molar-refractivity contribution in [2.75, 3.05) is 6.54 Å². The quantitative estimate of drug-likeness (QED) is 0.895. The molecule has 3 heterocycles. The molecule has 0 spiro atoms. The van der Waals surface area contributed by atoms with Crippen LogP contribution in [-0.2, 0) is 11.3 Å². The van der Waals surface area contributed by atoms with Crippen LogP contribution in [0.5, 0.6) is 0 Å². The summed E-state index contributed by atoms with van der Waals surface area (Å²) in [6.45, 7) is 2.55. The lowest BCUT2D eigenvalue weighted by molar-refractivity contribution is -0.129. The number of amides is 2. The van der Waals surface area contributed by atoms with Gasteiger partial charge in [-0.2, -0.15) is 5.10 Å². The Labute approximate surface area is 139 Å². The maximum atomic E-state index is 12.0. The van der Waals surface area contributed by atoms with Gasteiger partial charge >= 0.3 is 0 Å². The van der Waals surface area contributed by atoms with Gasteiger partial charge in [0.15, 0.2) is 5.69 Å². The van der Waals surface area contributed by atoms with Gasteiger partial charge in [-0.05, 0) is 25.0 Å². The van der Waals surface area contributed by atoms with Gasteiger partial charge in [0.05, 0.1) is 36.4 Å². The van der Waals surface area contributed by atoms with Gasteiger partial charge in [-0.25, -0.2) is 0 Å². The van der Waals surface area contributed by atoms with Gasteiger partial charge in [0.1, 0.15) is 0 Å². The van der Waals surface area contributed by atoms with Crippen molar-refractivity contribution in [3.63, 3.8) is 0 Å². The first kappa shape index (κ1) is 16.0. The van der Waals surface area contributed by atoms with Gasteiger partial charge in [0, 0.05) is 19.7 Å². The molecule has 0 radical (unpaired) electrons. The summed E-state index contributed by atoms with van der Waals surface area (Å²) in [7, 11) is 0. The molecule has 3 rings (SSSR count). The third-order valence-corrected chi connectivity index (χ3v) is 3.94. The first-order valence-corrected chi connectivity index (χ1v) is 7.79. The number of hydrogen-bond donors (Lipinski definition) is 1. The third-order valence-electron chi connectivity index (χ3n) is 3.94. The van der Waals surface area contributed by atoms with Crippen molar-refractivity contribution < 1.29 is 9.59 Å². The summed E-state index contributed by atoms with van der Waals surface area (Å²) in [5.41, 5.74) is 1.65. The number of nitrogens with one attached hydrogen (secondary N) is 1. The average molecular weight is 326 g/mol. The maximum absolute atomic E-state index is 12.0. The molecule has 8 heteroatoms. The zero-order valence-electron chi connectivity index (χ0n) is 13.3. The average Bonchev–Trinajstić information content (AvgIpc) is 3.11. The highest BCUT2D eigenvalue weighted by molar-refractivity contribution is 5.91. The van der Waals surface area contributed by atoms with Gasteiger partial charge < -0.3 is 10.2 Å². The SMILES string of the molecule is CC(=O)N1CCCC1c1cncc(CNC(=O)c2cccnn2)n1. The third kappa shape index (κ3) is 3.53. The van der Waals surface area contributed by atoms with Crippen LogP contribution >= 0.6 is 0 Å². The van der Waals surface area contributed by atoms with Crippen molar-refractivity contribution in [1.82, 2.24) is 30.4 Å². The molecule has 24 heavy (non-hydrogen) atoms. The number of aromatic nitrogens is 4. The lowest BCUT2D eigenvalue weighted by Crippen LogP contribution is -2.29. The molecule has 1 unspecified atom stereocenters. The topological polar surface area (TPSA) is 101 Å². The van der Waals surface area contributed by atoms with Gasteiger partial charge in [-0.15, -0.1) is 5.10 Å². The van der Waals surface area contributed by atoms with E-state index in [-0.39, 0.29) is 30.1 Å². The van der Waals surface area contributed by atoms with E-state index < -0.39 is 0 Å². The molecule has 1 aliphatic rings. The maximum Gasteiger partial charge on any atom is 0.272 e. The minimum Gasteiger partial charge on any atom is -0.345 e. The summed E-state index contributed by atoms with van der Waals surface area (Å²) >= 11 is 0. The molecule has 0 aliphatic carbocycles. The Morgan fingerprint density at radius 1 is 1.38 bits per heavy atom. The van der Waals surface area contributed by atoms with E-state index in [0.29, 0.717) is 5.69 Å². The largest absolute Gasteiger partial charge is 0.345 e. The van der Waals surface area contributed by atoms with Crippen LogP contribution in [-0.4, -0.2) is 43.4 Å². The van der Waals surface area contributed by atoms with Crippen molar-refractivity contribution in [3.05, 3.63) is 47.8 Å². The molecule has 2 aromatic heterocycles. The molecule has 2 amide bonds. The number of rotatable bonds is 4. The molecule has 0 saturated carbocycles. The molecule has 2 aromatic rings. The first-order valence-electron chi connectivity index (χ1n) is 7.79. The van der Waals surface area contributed by atoms with Crippen LogP contribution in [0.2, 0.25) is 0 Å². The number of likely N-dealkylation sites (tertiary alicyclic amines) is 1. The summed E-state index contributed by atoms with van der Waals surface area (Å²) in [4.78, 5) is 34.2. The summed E-state index contributed by atoms with van der Waals surface area (Å²) < 4.78 is 0. The lowest BCUT2D eigenvalue weighted by Gasteiger charge is -2.22. The summed E-state index contributed by atoms with van der Waals surface area (Å²) in [5.74, 6) is -0.276. The zero-order chi connectivity index (χ0) is 16.9. The molecule has 0 bridgehead atoms. The highest BCUT2D eigenvalue weighted by Gasteiger charge is 2.29. The van der Waals surface area contributed by atoms with E-state index in [9.17, 15) is 9.59 Å². The number of carbonyl (C=O) groups is 2. The second-order valence-corrected chi connectivity index (χ2v) is 5.60. The van der Waals surface area contributed by atoms with E-state index in [0.717, 1.165) is 25.1 Å². The minimum absolute atomic E-state index is 0.0364. The van der Waals surface area contributed by atoms with E-state index in [4.69, 9.17) is 0 Å². The Hall–Kier alpha value is -2.90. The van der Waals surface area contributed by atoms with Crippen molar-refractivity contribution in [3.8, 4) is 0 Å². The Balaban J connectivity index is 1.67. The zero-order valence-corrected chi connectivity index (χ0v) is 13.3. The van der Waals surface area contributed by atoms with Crippen LogP contribution < -0.4 is 5.32 Å². The number of carbonyl (C=O) groups excluding carboxylic acids is 2. The second-order valence-electron chi connectivity index (χ2n) is 5.60. The van der Waals surface area contributed by atoms with Crippen LogP contribution in [0.15, 0.2) is 30.7 Å². The molecule has 1 saturated heterocycles. The van der Waals surface area contributed by atoms with Crippen molar-refractivity contribution >= 4 is 11.8 Å². The van der Waals surface area contributed by atoms with E-state index >= 15 is 0 Å². The van der Waals surface area contributed by atoms with E-state index in [1.807, 2.05) is 4.90 Å². The summed E-state index contributed by atoms with van der Waals surface area (Å²) in [5, 5.41) is 10.2. The highest BCUT2D eigenvalue weighted by Crippen LogP contribution is 2.30. The molecule has 124 valence electrons. The highest BCUT2D eigenvalue weighted by atomic mass is 16.2. The number of nitrogens with zero attached hydrogens (tertiary/aromatic N) is 5. The van der Waals surface area contributed by atoms with Crippen molar-refractivity contribution in [2.24, 2.45) is 0 Å². The molecule has 1 atom stereocenters. The van der Waals surface area contributed by atoms with E-state index in [1.54, 1.807) is 31.5 Å². The van der Waals surface area contributed by atoms with Gasteiger partial charge in [0.25, 0.3) is 5.91 Å². The van der Waals surface area contributed by atoms with Gasteiger partial charge in [0.2, 0.25) is 5.91 Å². The Kier molecular flexibility index (Phi) is 4.74. The molecular formula is C16H18N6O2. The predicted molar refractivity (Wildman–Crippen MR) is 84.6 cm³/mol. The molecular weight excluding hydrogens is 308 g/mol. The van der Waals surface area contributed by atoms with E-state index in [1.165, 1.54) is 6.20 Å². The minimum atomic E-state index is -0.318. The Bertz CT molecular complexity index is 736.